The number of benzene rings is 1. The van der Waals surface area contributed by atoms with Crippen LogP contribution < -0.4 is 10.6 Å². The lowest BCUT2D eigenvalue weighted by molar-refractivity contribution is -0.116. The van der Waals surface area contributed by atoms with Crippen molar-refractivity contribution < 1.29 is 4.79 Å². The molecular formula is C17H21ClN4O. The molecule has 0 radical (unpaired) electrons. The van der Waals surface area contributed by atoms with E-state index in [9.17, 15) is 4.79 Å². The lowest BCUT2D eigenvalue weighted by atomic mass is 10.0. The zero-order valence-electron chi connectivity index (χ0n) is 13.0. The molecule has 1 aromatic heterocycles. The van der Waals surface area contributed by atoms with E-state index in [1.165, 1.54) is 6.42 Å². The van der Waals surface area contributed by atoms with Gasteiger partial charge in [-0.3, -0.25) is 4.79 Å². The van der Waals surface area contributed by atoms with Crippen molar-refractivity contribution in [1.29, 1.82) is 0 Å². The van der Waals surface area contributed by atoms with E-state index >= 15 is 0 Å². The molecule has 0 saturated carbocycles. The van der Waals surface area contributed by atoms with Crippen molar-refractivity contribution in [3.63, 3.8) is 0 Å². The minimum Gasteiger partial charge on any atom is -0.316 e. The molecule has 1 fully saturated rings. The van der Waals surface area contributed by atoms with Gasteiger partial charge in [-0.2, -0.15) is 5.10 Å². The molecule has 1 saturated heterocycles. The SMILES string of the molecule is O=C(CCC1CCNC1)Nc1ccnn1Cc1ccc(Cl)cc1. The second-order valence-corrected chi connectivity index (χ2v) is 6.38. The predicted octanol–water partition coefficient (Wildman–Crippen LogP) is 2.91. The fourth-order valence-electron chi connectivity index (χ4n) is 2.83. The number of halogens is 1. The molecule has 5 nitrogen and oxygen atoms in total. The second-order valence-electron chi connectivity index (χ2n) is 5.95. The van der Waals surface area contributed by atoms with Gasteiger partial charge in [0.05, 0.1) is 12.7 Å². The molecule has 1 aromatic carbocycles. The van der Waals surface area contributed by atoms with Gasteiger partial charge in [-0.25, -0.2) is 4.68 Å². The van der Waals surface area contributed by atoms with Crippen molar-refractivity contribution in [3.8, 4) is 0 Å². The lowest BCUT2D eigenvalue weighted by Crippen LogP contribution is -2.17. The quantitative estimate of drug-likeness (QED) is 0.855. The summed E-state index contributed by atoms with van der Waals surface area (Å²) in [4.78, 5) is 12.1. The molecule has 2 N–H and O–H groups in total. The summed E-state index contributed by atoms with van der Waals surface area (Å²) in [5.74, 6) is 1.41. The van der Waals surface area contributed by atoms with Crippen LogP contribution in [0.4, 0.5) is 5.82 Å². The van der Waals surface area contributed by atoms with Crippen molar-refractivity contribution in [3.05, 3.63) is 47.1 Å². The number of aromatic nitrogens is 2. The van der Waals surface area contributed by atoms with Crippen LogP contribution in [0.25, 0.3) is 0 Å². The summed E-state index contributed by atoms with van der Waals surface area (Å²) in [7, 11) is 0. The summed E-state index contributed by atoms with van der Waals surface area (Å²) < 4.78 is 1.79. The zero-order valence-corrected chi connectivity index (χ0v) is 13.7. The first-order chi connectivity index (χ1) is 11.2. The molecule has 0 aliphatic carbocycles. The van der Waals surface area contributed by atoms with Crippen LogP contribution in [0.2, 0.25) is 5.02 Å². The maximum absolute atomic E-state index is 12.1. The number of anilines is 1. The third-order valence-electron chi connectivity index (χ3n) is 4.17. The van der Waals surface area contributed by atoms with E-state index in [4.69, 9.17) is 11.6 Å². The largest absolute Gasteiger partial charge is 0.316 e. The lowest BCUT2D eigenvalue weighted by Gasteiger charge is -2.11. The second kappa shape index (κ2) is 7.62. The van der Waals surface area contributed by atoms with Gasteiger partial charge in [0.1, 0.15) is 5.82 Å². The number of rotatable bonds is 6. The van der Waals surface area contributed by atoms with Gasteiger partial charge in [-0.15, -0.1) is 0 Å². The standard InChI is InChI=1S/C17H21ClN4O/c18-15-4-1-14(2-5-15)12-22-16(8-10-20-22)21-17(23)6-3-13-7-9-19-11-13/h1-2,4-5,8,10,13,19H,3,6-7,9,11-12H2,(H,21,23). The molecule has 6 heteroatoms. The van der Waals surface area contributed by atoms with Gasteiger partial charge in [0.2, 0.25) is 5.91 Å². The Kier molecular flexibility index (Phi) is 5.31. The van der Waals surface area contributed by atoms with Crippen LogP contribution in [0.15, 0.2) is 36.5 Å². The van der Waals surface area contributed by atoms with Crippen LogP contribution in [-0.4, -0.2) is 28.8 Å². The number of nitrogens with zero attached hydrogens (tertiary/aromatic N) is 2. The highest BCUT2D eigenvalue weighted by molar-refractivity contribution is 6.30. The summed E-state index contributed by atoms with van der Waals surface area (Å²) in [6, 6.07) is 9.46. The Balaban J connectivity index is 1.55. The van der Waals surface area contributed by atoms with Gasteiger partial charge in [0, 0.05) is 17.5 Å². The molecule has 1 unspecified atom stereocenters. The molecular weight excluding hydrogens is 312 g/mol. The molecule has 23 heavy (non-hydrogen) atoms. The van der Waals surface area contributed by atoms with Crippen LogP contribution >= 0.6 is 11.6 Å². The van der Waals surface area contributed by atoms with Gasteiger partial charge in [0.15, 0.2) is 0 Å². The molecule has 2 heterocycles. The number of hydrogen-bond donors (Lipinski definition) is 2. The van der Waals surface area contributed by atoms with E-state index in [0.717, 1.165) is 30.9 Å². The Morgan fingerprint density at radius 3 is 2.91 bits per heavy atom. The first-order valence-corrected chi connectivity index (χ1v) is 8.35. The Bertz CT molecular complexity index is 647. The van der Waals surface area contributed by atoms with Crippen molar-refractivity contribution >= 4 is 23.3 Å². The summed E-state index contributed by atoms with van der Waals surface area (Å²) in [5.41, 5.74) is 1.09. The summed E-state index contributed by atoms with van der Waals surface area (Å²) in [6.45, 7) is 2.70. The average Bonchev–Trinajstić information content (AvgIpc) is 3.20. The highest BCUT2D eigenvalue weighted by Gasteiger charge is 2.16. The first-order valence-electron chi connectivity index (χ1n) is 7.97. The van der Waals surface area contributed by atoms with Gasteiger partial charge in [0.25, 0.3) is 0 Å². The normalized spacial score (nSPS) is 17.3. The van der Waals surface area contributed by atoms with Gasteiger partial charge in [-0.05, 0) is 49.5 Å². The van der Waals surface area contributed by atoms with Crippen LogP contribution in [0.3, 0.4) is 0 Å². The summed E-state index contributed by atoms with van der Waals surface area (Å²) >= 11 is 5.90. The monoisotopic (exact) mass is 332 g/mol. The fraction of sp³-hybridized carbons (Fsp3) is 0.412. The molecule has 2 aromatic rings. The van der Waals surface area contributed by atoms with Crippen molar-refractivity contribution in [2.24, 2.45) is 5.92 Å². The molecule has 122 valence electrons. The van der Waals surface area contributed by atoms with Crippen LogP contribution in [0, 0.1) is 5.92 Å². The van der Waals surface area contributed by atoms with Crippen LogP contribution in [0.5, 0.6) is 0 Å². The summed E-state index contributed by atoms with van der Waals surface area (Å²) in [5, 5.41) is 11.3. The third-order valence-corrected chi connectivity index (χ3v) is 4.42. The highest BCUT2D eigenvalue weighted by atomic mass is 35.5. The van der Waals surface area contributed by atoms with E-state index in [1.807, 2.05) is 30.3 Å². The van der Waals surface area contributed by atoms with Crippen LogP contribution in [-0.2, 0) is 11.3 Å². The molecule has 0 spiro atoms. The van der Waals surface area contributed by atoms with Crippen LogP contribution in [0.1, 0.15) is 24.8 Å². The summed E-state index contributed by atoms with van der Waals surface area (Å²) in [6.07, 6.45) is 4.36. The first kappa shape index (κ1) is 16.0. The highest BCUT2D eigenvalue weighted by Crippen LogP contribution is 2.16. The fourth-order valence-corrected chi connectivity index (χ4v) is 2.95. The Hall–Kier alpha value is -1.85. The minimum absolute atomic E-state index is 0.0507. The van der Waals surface area contributed by atoms with Crippen molar-refractivity contribution in [1.82, 2.24) is 15.1 Å². The zero-order chi connectivity index (χ0) is 16.1. The van der Waals surface area contributed by atoms with E-state index in [1.54, 1.807) is 10.9 Å². The number of carbonyl (C=O) groups is 1. The molecule has 1 aliphatic rings. The predicted molar refractivity (Wildman–Crippen MR) is 91.6 cm³/mol. The minimum atomic E-state index is 0.0507. The molecule has 1 aliphatic heterocycles. The van der Waals surface area contributed by atoms with Gasteiger partial charge < -0.3 is 10.6 Å². The smallest absolute Gasteiger partial charge is 0.225 e. The van der Waals surface area contributed by atoms with E-state index in [0.29, 0.717) is 23.9 Å². The number of carbonyl (C=O) groups excluding carboxylic acids is 1. The maximum atomic E-state index is 12.1. The van der Waals surface area contributed by atoms with Crippen molar-refractivity contribution in [2.45, 2.75) is 25.8 Å². The number of nitrogens with one attached hydrogen (secondary N) is 2. The van der Waals surface area contributed by atoms with E-state index in [-0.39, 0.29) is 5.91 Å². The Morgan fingerprint density at radius 2 is 2.17 bits per heavy atom. The van der Waals surface area contributed by atoms with Crippen molar-refractivity contribution in [2.75, 3.05) is 18.4 Å². The Morgan fingerprint density at radius 1 is 1.35 bits per heavy atom. The number of amides is 1. The van der Waals surface area contributed by atoms with E-state index < -0.39 is 0 Å². The molecule has 0 bridgehead atoms. The topological polar surface area (TPSA) is 59.0 Å². The van der Waals surface area contributed by atoms with E-state index in [2.05, 4.69) is 15.7 Å². The number of hydrogen-bond acceptors (Lipinski definition) is 3. The molecule has 1 amide bonds. The average molecular weight is 333 g/mol. The molecule has 1 atom stereocenters. The molecule has 3 rings (SSSR count). The third kappa shape index (κ3) is 4.56. The van der Waals surface area contributed by atoms with Gasteiger partial charge >= 0.3 is 0 Å². The Labute approximate surface area is 141 Å². The maximum Gasteiger partial charge on any atom is 0.225 e. The van der Waals surface area contributed by atoms with Gasteiger partial charge in [-0.1, -0.05) is 23.7 Å².